The number of ether oxygens (including phenoxy) is 2. The van der Waals surface area contributed by atoms with Crippen molar-refractivity contribution in [3.05, 3.63) is 76.0 Å². The molecule has 4 rings (SSSR count). The molecule has 9 heteroatoms. The van der Waals surface area contributed by atoms with Gasteiger partial charge in [0.2, 0.25) is 0 Å². The maximum atomic E-state index is 13.2. The van der Waals surface area contributed by atoms with Gasteiger partial charge in [0.25, 0.3) is 5.78 Å². The van der Waals surface area contributed by atoms with Crippen LogP contribution in [0.5, 0.6) is 11.5 Å². The van der Waals surface area contributed by atoms with Crippen LogP contribution < -0.4 is 14.4 Å². The van der Waals surface area contributed by atoms with Crippen molar-refractivity contribution in [1.82, 2.24) is 5.16 Å². The summed E-state index contributed by atoms with van der Waals surface area (Å²) >= 11 is 5.99. The van der Waals surface area contributed by atoms with Crippen molar-refractivity contribution in [3.63, 3.8) is 0 Å². The van der Waals surface area contributed by atoms with E-state index in [9.17, 15) is 14.7 Å². The molecule has 0 aliphatic carbocycles. The molecule has 0 saturated carbocycles. The van der Waals surface area contributed by atoms with E-state index in [0.29, 0.717) is 45.9 Å². The van der Waals surface area contributed by atoms with E-state index in [1.165, 1.54) is 12.0 Å². The molecule has 0 radical (unpaired) electrons. The largest absolute Gasteiger partial charge is 0.507 e. The third-order valence-electron chi connectivity index (χ3n) is 5.88. The zero-order valence-electron chi connectivity index (χ0n) is 20.4. The van der Waals surface area contributed by atoms with Crippen LogP contribution in [0.4, 0.5) is 5.82 Å². The third kappa shape index (κ3) is 4.95. The Balaban J connectivity index is 1.84. The number of methoxy groups -OCH3 is 1. The van der Waals surface area contributed by atoms with Crippen molar-refractivity contribution in [2.24, 2.45) is 5.92 Å². The molecule has 1 aromatic heterocycles. The van der Waals surface area contributed by atoms with Crippen molar-refractivity contribution in [2.45, 2.75) is 33.2 Å². The predicted octanol–water partition coefficient (Wildman–Crippen LogP) is 5.70. The first-order chi connectivity index (χ1) is 17.2. The van der Waals surface area contributed by atoms with E-state index >= 15 is 0 Å². The molecule has 36 heavy (non-hydrogen) atoms. The van der Waals surface area contributed by atoms with Crippen LogP contribution in [0.1, 0.15) is 43.2 Å². The van der Waals surface area contributed by atoms with E-state index in [2.05, 4.69) is 19.0 Å². The van der Waals surface area contributed by atoms with Crippen LogP contribution in [0.25, 0.3) is 5.76 Å². The monoisotopic (exact) mass is 510 g/mol. The smallest absolute Gasteiger partial charge is 0.301 e. The van der Waals surface area contributed by atoms with Crippen LogP contribution in [0.2, 0.25) is 5.02 Å². The Labute approximate surface area is 214 Å². The van der Waals surface area contributed by atoms with Crippen molar-refractivity contribution in [1.29, 1.82) is 0 Å². The lowest BCUT2D eigenvalue weighted by molar-refractivity contribution is -0.132. The number of carbonyl (C=O) groups is 2. The van der Waals surface area contributed by atoms with E-state index in [-0.39, 0.29) is 17.2 Å². The molecule has 2 aromatic carbocycles. The van der Waals surface area contributed by atoms with Crippen LogP contribution in [0, 0.1) is 12.8 Å². The molecule has 1 unspecified atom stereocenters. The van der Waals surface area contributed by atoms with Gasteiger partial charge in [0.05, 0.1) is 25.3 Å². The number of benzene rings is 2. The van der Waals surface area contributed by atoms with E-state index in [1.54, 1.807) is 55.5 Å². The maximum Gasteiger partial charge on any atom is 0.301 e. The second-order valence-electron chi connectivity index (χ2n) is 8.91. The number of aliphatic hydroxyl groups is 1. The summed E-state index contributed by atoms with van der Waals surface area (Å²) in [7, 11) is 1.51. The topological polar surface area (TPSA) is 102 Å². The minimum atomic E-state index is -0.983. The average Bonchev–Trinajstić information content (AvgIpc) is 3.39. The van der Waals surface area contributed by atoms with Crippen molar-refractivity contribution in [2.75, 3.05) is 18.6 Å². The highest BCUT2D eigenvalue weighted by Gasteiger charge is 2.48. The number of aromatic nitrogens is 1. The lowest BCUT2D eigenvalue weighted by Gasteiger charge is -2.24. The Morgan fingerprint density at radius 2 is 1.86 bits per heavy atom. The van der Waals surface area contributed by atoms with Crippen molar-refractivity contribution in [3.8, 4) is 11.5 Å². The van der Waals surface area contributed by atoms with Gasteiger partial charge < -0.3 is 19.1 Å². The van der Waals surface area contributed by atoms with Gasteiger partial charge >= 0.3 is 5.91 Å². The Morgan fingerprint density at radius 3 is 2.47 bits per heavy atom. The minimum absolute atomic E-state index is 0.0847. The van der Waals surface area contributed by atoms with Gasteiger partial charge in [-0.15, -0.1) is 0 Å². The first kappa shape index (κ1) is 25.3. The molecule has 1 saturated heterocycles. The fourth-order valence-corrected chi connectivity index (χ4v) is 4.12. The summed E-state index contributed by atoms with van der Waals surface area (Å²) in [5.74, 6) is 0.0754. The zero-order valence-corrected chi connectivity index (χ0v) is 21.2. The van der Waals surface area contributed by atoms with Gasteiger partial charge in [-0.1, -0.05) is 36.7 Å². The molecule has 3 aromatic rings. The summed E-state index contributed by atoms with van der Waals surface area (Å²) in [6.45, 7) is 6.42. The quantitative estimate of drug-likeness (QED) is 0.236. The molecule has 2 heterocycles. The molecule has 188 valence electrons. The lowest BCUT2D eigenvalue weighted by Crippen LogP contribution is -2.29. The highest BCUT2D eigenvalue weighted by Crippen LogP contribution is 2.44. The second-order valence-corrected chi connectivity index (χ2v) is 9.35. The lowest BCUT2D eigenvalue weighted by atomic mass is 9.95. The molecule has 1 atom stereocenters. The molecule has 8 nitrogen and oxygen atoms in total. The Morgan fingerprint density at radius 1 is 1.14 bits per heavy atom. The van der Waals surface area contributed by atoms with Gasteiger partial charge in [-0.25, -0.2) is 0 Å². The minimum Gasteiger partial charge on any atom is -0.507 e. The number of rotatable bonds is 8. The van der Waals surface area contributed by atoms with Gasteiger partial charge in [0.1, 0.15) is 11.5 Å². The number of aliphatic hydroxyl groups excluding tert-OH is 1. The number of carbonyl (C=O) groups excluding carboxylic acids is 2. The maximum absolute atomic E-state index is 13.2. The highest BCUT2D eigenvalue weighted by molar-refractivity contribution is 6.51. The van der Waals surface area contributed by atoms with Crippen LogP contribution in [-0.2, 0) is 9.59 Å². The number of halogens is 1. The molecular weight excluding hydrogens is 484 g/mol. The standard InChI is InChI=1S/C27H27ClN2O6/c1-15(2)11-12-35-20-10-7-18(14-21(20)34-4)24-23(25(31)17-5-8-19(28)9-6-17)26(32)27(33)30(24)22-13-16(3)36-29-22/h5-10,13-15,24,31H,11-12H2,1-4H3/b25-23-. The van der Waals surface area contributed by atoms with E-state index < -0.39 is 17.7 Å². The summed E-state index contributed by atoms with van der Waals surface area (Å²) in [6, 6.07) is 12.1. The first-order valence-corrected chi connectivity index (χ1v) is 11.9. The average molecular weight is 511 g/mol. The summed E-state index contributed by atoms with van der Waals surface area (Å²) in [4.78, 5) is 27.7. The first-order valence-electron chi connectivity index (χ1n) is 11.5. The Hall–Kier alpha value is -3.78. The molecule has 0 bridgehead atoms. The number of nitrogens with zero attached hydrogens (tertiary/aromatic N) is 2. The molecule has 1 aliphatic heterocycles. The number of anilines is 1. The number of hydrogen-bond acceptors (Lipinski definition) is 7. The predicted molar refractivity (Wildman–Crippen MR) is 135 cm³/mol. The van der Waals surface area contributed by atoms with Gasteiger partial charge in [0.15, 0.2) is 17.3 Å². The van der Waals surface area contributed by atoms with Gasteiger partial charge in [-0.2, -0.15) is 0 Å². The molecule has 1 aliphatic rings. The Kier molecular flexibility index (Phi) is 7.35. The van der Waals surface area contributed by atoms with Gasteiger partial charge in [-0.3, -0.25) is 14.5 Å². The molecule has 1 N–H and O–H groups in total. The number of aryl methyl sites for hydroxylation is 1. The number of hydrogen-bond donors (Lipinski definition) is 1. The second kappa shape index (κ2) is 10.5. The summed E-state index contributed by atoms with van der Waals surface area (Å²) in [5.41, 5.74) is 0.788. The van der Waals surface area contributed by atoms with Gasteiger partial charge in [-0.05, 0) is 61.2 Å². The van der Waals surface area contributed by atoms with E-state index in [4.69, 9.17) is 25.6 Å². The summed E-state index contributed by atoms with van der Waals surface area (Å²) < 4.78 is 16.6. The number of ketones is 1. The fraction of sp³-hybridized carbons (Fsp3) is 0.296. The summed E-state index contributed by atoms with van der Waals surface area (Å²) in [6.07, 6.45) is 0.873. The molecule has 0 spiro atoms. The van der Waals surface area contributed by atoms with Crippen molar-refractivity contribution < 1.29 is 28.7 Å². The molecular formula is C27H27ClN2O6. The van der Waals surface area contributed by atoms with Crippen LogP contribution in [0.3, 0.4) is 0 Å². The summed E-state index contributed by atoms with van der Waals surface area (Å²) in [5, 5.41) is 15.6. The van der Waals surface area contributed by atoms with Crippen molar-refractivity contribution >= 4 is 34.9 Å². The normalized spacial score (nSPS) is 17.2. The van der Waals surface area contributed by atoms with Crippen LogP contribution in [0.15, 0.2) is 58.6 Å². The highest BCUT2D eigenvalue weighted by atomic mass is 35.5. The van der Waals surface area contributed by atoms with Crippen LogP contribution in [-0.4, -0.2) is 35.7 Å². The van der Waals surface area contributed by atoms with E-state index in [1.807, 2.05) is 0 Å². The Bertz CT molecular complexity index is 1310. The van der Waals surface area contributed by atoms with Crippen LogP contribution >= 0.6 is 11.6 Å². The number of Topliss-reactive ketones (excluding diaryl/α,β-unsaturated/α-hetero) is 1. The van der Waals surface area contributed by atoms with Gasteiger partial charge in [0, 0.05) is 16.7 Å². The molecule has 1 amide bonds. The molecule has 1 fully saturated rings. The third-order valence-corrected chi connectivity index (χ3v) is 6.13. The SMILES string of the molecule is COc1cc(C2/C(=C(/O)c3ccc(Cl)cc3)C(=O)C(=O)N2c2cc(C)on2)ccc1OCCC(C)C. The fourth-order valence-electron chi connectivity index (χ4n) is 3.99. The zero-order chi connectivity index (χ0) is 26.0. The number of amides is 1. The van der Waals surface area contributed by atoms with E-state index in [0.717, 1.165) is 6.42 Å².